The van der Waals surface area contributed by atoms with Crippen molar-refractivity contribution < 1.29 is 4.79 Å². The molecule has 0 saturated heterocycles. The Labute approximate surface area is 171 Å². The first-order valence-electron chi connectivity index (χ1n) is 9.66. The number of fused-ring (bicyclic) bond motifs is 1. The number of nitrogens with zero attached hydrogens (tertiary/aromatic N) is 4. The van der Waals surface area contributed by atoms with Crippen LogP contribution in [-0.2, 0) is 13.0 Å². The molecule has 3 rings (SSSR count). The predicted molar refractivity (Wildman–Crippen MR) is 116 cm³/mol. The molecular weight excluding hydrogens is 364 g/mol. The number of amides is 1. The molecule has 0 aliphatic carbocycles. The van der Waals surface area contributed by atoms with Gasteiger partial charge >= 0.3 is 0 Å². The molecule has 0 atom stereocenters. The molecule has 0 aliphatic heterocycles. The van der Waals surface area contributed by atoms with Crippen molar-refractivity contribution in [1.29, 1.82) is 0 Å². The first kappa shape index (κ1) is 20.4. The van der Waals surface area contributed by atoms with Crippen molar-refractivity contribution in [3.05, 3.63) is 71.2 Å². The second-order valence-corrected chi connectivity index (χ2v) is 7.15. The van der Waals surface area contributed by atoms with Crippen molar-refractivity contribution >= 4 is 17.5 Å². The highest BCUT2D eigenvalue weighted by Crippen LogP contribution is 2.10. The lowest BCUT2D eigenvalue weighted by Gasteiger charge is -2.13. The van der Waals surface area contributed by atoms with E-state index in [1.165, 1.54) is 5.56 Å². The molecule has 0 unspecified atom stereocenters. The van der Waals surface area contributed by atoms with Crippen LogP contribution >= 0.6 is 0 Å². The second-order valence-electron chi connectivity index (χ2n) is 7.15. The third kappa shape index (κ3) is 5.13. The van der Waals surface area contributed by atoms with Gasteiger partial charge in [0.2, 0.25) is 0 Å². The quantitative estimate of drug-likeness (QED) is 0.498. The van der Waals surface area contributed by atoms with Crippen LogP contribution in [0.4, 0.5) is 0 Å². The van der Waals surface area contributed by atoms with Crippen molar-refractivity contribution in [3.8, 4) is 0 Å². The van der Waals surface area contributed by atoms with E-state index in [0.29, 0.717) is 12.1 Å². The maximum Gasteiger partial charge on any atom is 0.253 e. The zero-order valence-corrected chi connectivity index (χ0v) is 17.4. The number of imidazole rings is 1. The van der Waals surface area contributed by atoms with Gasteiger partial charge in [-0.15, -0.1) is 0 Å². The molecule has 152 valence electrons. The highest BCUT2D eigenvalue weighted by molar-refractivity contribution is 5.93. The van der Waals surface area contributed by atoms with Crippen molar-refractivity contribution in [1.82, 2.24) is 24.9 Å². The van der Waals surface area contributed by atoms with Gasteiger partial charge in [0.25, 0.3) is 5.91 Å². The van der Waals surface area contributed by atoms with E-state index in [1.807, 2.05) is 36.5 Å². The molecule has 2 aromatic heterocycles. The van der Waals surface area contributed by atoms with Crippen molar-refractivity contribution in [2.75, 3.05) is 27.7 Å². The minimum absolute atomic E-state index is 0.00382. The molecule has 1 amide bonds. The van der Waals surface area contributed by atoms with E-state index in [9.17, 15) is 4.79 Å². The third-order valence-corrected chi connectivity index (χ3v) is 4.69. The van der Waals surface area contributed by atoms with Gasteiger partial charge in [-0.3, -0.25) is 9.79 Å². The second kappa shape index (κ2) is 9.23. The smallest absolute Gasteiger partial charge is 0.253 e. The topological polar surface area (TPSA) is 74.0 Å². The summed E-state index contributed by atoms with van der Waals surface area (Å²) in [6.45, 7) is 3.43. The van der Waals surface area contributed by atoms with E-state index in [4.69, 9.17) is 4.98 Å². The molecule has 2 heterocycles. The molecule has 0 saturated carbocycles. The number of hydrogen-bond acceptors (Lipinski definition) is 3. The Morgan fingerprint density at radius 3 is 2.59 bits per heavy atom. The van der Waals surface area contributed by atoms with Gasteiger partial charge in [-0.25, -0.2) is 4.98 Å². The number of guanidine groups is 1. The standard InChI is InChI=1S/C22H28N6O/c1-16-6-5-13-28-15-19(26-20(16)28)11-12-24-22(23-2)25-14-17-7-9-18(10-8-17)21(29)27(3)4/h5-10,13,15H,11-12,14H2,1-4H3,(H2,23,24,25). The Morgan fingerprint density at radius 2 is 1.93 bits per heavy atom. The number of aliphatic imine (C=N–C) groups is 1. The van der Waals surface area contributed by atoms with Crippen LogP contribution in [0, 0.1) is 6.92 Å². The highest BCUT2D eigenvalue weighted by atomic mass is 16.2. The summed E-state index contributed by atoms with van der Waals surface area (Å²) in [6, 6.07) is 11.7. The summed E-state index contributed by atoms with van der Waals surface area (Å²) >= 11 is 0. The van der Waals surface area contributed by atoms with Gasteiger partial charge in [0.1, 0.15) is 5.65 Å². The van der Waals surface area contributed by atoms with E-state index in [-0.39, 0.29) is 5.91 Å². The van der Waals surface area contributed by atoms with E-state index in [2.05, 4.69) is 39.2 Å². The summed E-state index contributed by atoms with van der Waals surface area (Å²) in [6.07, 6.45) is 4.89. The van der Waals surface area contributed by atoms with E-state index in [1.54, 1.807) is 26.0 Å². The number of carbonyl (C=O) groups is 1. The molecule has 0 aliphatic rings. The summed E-state index contributed by atoms with van der Waals surface area (Å²) in [4.78, 5) is 22.5. The van der Waals surface area contributed by atoms with Crippen molar-refractivity contribution in [2.45, 2.75) is 19.9 Å². The van der Waals surface area contributed by atoms with Crippen LogP contribution in [0.2, 0.25) is 0 Å². The zero-order chi connectivity index (χ0) is 20.8. The average Bonchev–Trinajstić information content (AvgIpc) is 3.14. The fraction of sp³-hybridized carbons (Fsp3) is 0.318. The van der Waals surface area contributed by atoms with Crippen LogP contribution in [0.15, 0.2) is 53.8 Å². The summed E-state index contributed by atoms with van der Waals surface area (Å²) in [5.74, 6) is 0.738. The Balaban J connectivity index is 1.49. The molecule has 29 heavy (non-hydrogen) atoms. The number of rotatable bonds is 6. The van der Waals surface area contributed by atoms with Crippen LogP contribution in [0.25, 0.3) is 5.65 Å². The van der Waals surface area contributed by atoms with Crippen LogP contribution < -0.4 is 10.6 Å². The van der Waals surface area contributed by atoms with Crippen LogP contribution in [0.1, 0.15) is 27.2 Å². The molecule has 3 aromatic rings. The van der Waals surface area contributed by atoms with Gasteiger partial charge in [-0.05, 0) is 36.2 Å². The number of aromatic nitrogens is 2. The molecule has 1 aromatic carbocycles. The van der Waals surface area contributed by atoms with Crippen molar-refractivity contribution in [2.24, 2.45) is 4.99 Å². The predicted octanol–water partition coefficient (Wildman–Crippen LogP) is 2.25. The lowest BCUT2D eigenvalue weighted by Crippen LogP contribution is -2.37. The number of nitrogens with one attached hydrogen (secondary N) is 2. The van der Waals surface area contributed by atoms with Crippen molar-refractivity contribution in [3.63, 3.8) is 0 Å². The Kier molecular flexibility index (Phi) is 6.49. The van der Waals surface area contributed by atoms with E-state index < -0.39 is 0 Å². The van der Waals surface area contributed by atoms with Gasteiger partial charge < -0.3 is 19.9 Å². The average molecular weight is 393 g/mol. The van der Waals surface area contributed by atoms with Gasteiger partial charge in [-0.1, -0.05) is 18.2 Å². The summed E-state index contributed by atoms with van der Waals surface area (Å²) in [5.41, 5.74) is 4.98. The lowest BCUT2D eigenvalue weighted by atomic mass is 10.1. The number of aryl methyl sites for hydroxylation is 1. The fourth-order valence-electron chi connectivity index (χ4n) is 3.06. The molecule has 0 bridgehead atoms. The minimum Gasteiger partial charge on any atom is -0.356 e. The van der Waals surface area contributed by atoms with Crippen LogP contribution in [-0.4, -0.2) is 53.8 Å². The van der Waals surface area contributed by atoms with Gasteiger partial charge in [0, 0.05) is 58.6 Å². The number of hydrogen-bond donors (Lipinski definition) is 2. The van der Waals surface area contributed by atoms with Gasteiger partial charge in [-0.2, -0.15) is 0 Å². The number of benzene rings is 1. The fourth-order valence-corrected chi connectivity index (χ4v) is 3.06. The molecule has 0 spiro atoms. The Bertz CT molecular complexity index is 1000. The van der Waals surface area contributed by atoms with E-state index in [0.717, 1.165) is 35.8 Å². The summed E-state index contributed by atoms with van der Waals surface area (Å²) in [5, 5.41) is 6.62. The van der Waals surface area contributed by atoms with Gasteiger partial charge in [0.05, 0.1) is 5.69 Å². The SMILES string of the molecule is CN=C(NCCc1cn2cccc(C)c2n1)NCc1ccc(C(=O)N(C)C)cc1. The Morgan fingerprint density at radius 1 is 1.17 bits per heavy atom. The number of pyridine rings is 1. The first-order valence-corrected chi connectivity index (χ1v) is 9.66. The molecule has 7 nitrogen and oxygen atoms in total. The largest absolute Gasteiger partial charge is 0.356 e. The zero-order valence-electron chi connectivity index (χ0n) is 17.4. The normalized spacial score (nSPS) is 11.5. The molecular formula is C22H28N6O. The maximum atomic E-state index is 12.0. The maximum absolute atomic E-state index is 12.0. The summed E-state index contributed by atoms with van der Waals surface area (Å²) in [7, 11) is 5.25. The monoisotopic (exact) mass is 392 g/mol. The highest BCUT2D eigenvalue weighted by Gasteiger charge is 2.08. The van der Waals surface area contributed by atoms with Crippen LogP contribution in [0.3, 0.4) is 0 Å². The molecule has 7 heteroatoms. The van der Waals surface area contributed by atoms with Crippen LogP contribution in [0.5, 0.6) is 0 Å². The van der Waals surface area contributed by atoms with Gasteiger partial charge in [0.15, 0.2) is 5.96 Å². The summed E-state index contributed by atoms with van der Waals surface area (Å²) < 4.78 is 2.06. The third-order valence-electron chi connectivity index (χ3n) is 4.69. The first-order chi connectivity index (χ1) is 14.0. The molecule has 2 N–H and O–H groups in total. The lowest BCUT2D eigenvalue weighted by molar-refractivity contribution is 0.0827. The minimum atomic E-state index is 0.00382. The number of carbonyl (C=O) groups excluding carboxylic acids is 1. The Hall–Kier alpha value is -3.35. The molecule has 0 radical (unpaired) electrons. The molecule has 0 fully saturated rings. The van der Waals surface area contributed by atoms with E-state index >= 15 is 0 Å².